The van der Waals surface area contributed by atoms with Gasteiger partial charge in [0.1, 0.15) is 0 Å². The topological polar surface area (TPSA) is 55.1 Å². The summed E-state index contributed by atoms with van der Waals surface area (Å²) in [4.78, 5) is 12.1. The zero-order valence-corrected chi connectivity index (χ0v) is 11.3. The average Bonchev–Trinajstić information content (AvgIpc) is 2.80. The van der Waals surface area contributed by atoms with Crippen LogP contribution in [0.2, 0.25) is 5.02 Å². The van der Waals surface area contributed by atoms with Gasteiger partial charge in [0.05, 0.1) is 0 Å². The normalized spacial score (nSPS) is 17.7. The highest BCUT2D eigenvalue weighted by molar-refractivity contribution is 6.31. The molecule has 3 N–H and O–H groups in total. The van der Waals surface area contributed by atoms with Crippen LogP contribution in [0.25, 0.3) is 0 Å². The van der Waals surface area contributed by atoms with Gasteiger partial charge in [-0.15, -0.1) is 0 Å². The molecule has 0 bridgehead atoms. The van der Waals surface area contributed by atoms with E-state index in [9.17, 15) is 4.79 Å². The van der Waals surface area contributed by atoms with Crippen molar-refractivity contribution in [3.63, 3.8) is 0 Å². The molecule has 1 aliphatic rings. The lowest BCUT2D eigenvalue weighted by molar-refractivity contribution is 0.0927. The predicted molar refractivity (Wildman–Crippen MR) is 74.8 cm³/mol. The Morgan fingerprint density at radius 1 is 1.39 bits per heavy atom. The molecule has 0 heterocycles. The average molecular weight is 267 g/mol. The predicted octanol–water partition coefficient (Wildman–Crippen LogP) is 3.23. The third-order valence-electron chi connectivity index (χ3n) is 3.65. The number of hydrogen-bond donors (Lipinski definition) is 2. The van der Waals surface area contributed by atoms with Gasteiger partial charge >= 0.3 is 0 Å². The van der Waals surface area contributed by atoms with Crippen molar-refractivity contribution in [2.24, 2.45) is 5.92 Å². The molecule has 1 saturated carbocycles. The highest BCUT2D eigenvalue weighted by Gasteiger charge is 2.23. The lowest BCUT2D eigenvalue weighted by atomic mass is 9.99. The Labute approximate surface area is 113 Å². The number of carbonyl (C=O) groups is 1. The molecule has 0 saturated heterocycles. The van der Waals surface area contributed by atoms with E-state index in [-0.39, 0.29) is 11.9 Å². The number of amides is 1. The van der Waals surface area contributed by atoms with E-state index in [1.165, 1.54) is 25.7 Å². The fraction of sp³-hybridized carbons (Fsp3) is 0.500. The maximum atomic E-state index is 12.1. The van der Waals surface area contributed by atoms with E-state index in [4.69, 9.17) is 17.3 Å². The van der Waals surface area contributed by atoms with Gasteiger partial charge in [-0.25, -0.2) is 0 Å². The Hall–Kier alpha value is -1.22. The second kappa shape index (κ2) is 5.61. The number of benzene rings is 1. The summed E-state index contributed by atoms with van der Waals surface area (Å²) in [6, 6.07) is 5.15. The van der Waals surface area contributed by atoms with E-state index >= 15 is 0 Å². The highest BCUT2D eigenvalue weighted by Crippen LogP contribution is 2.27. The second-order valence-electron chi connectivity index (χ2n) is 5.08. The molecule has 18 heavy (non-hydrogen) atoms. The lowest BCUT2D eigenvalue weighted by Gasteiger charge is -2.20. The molecule has 0 spiro atoms. The van der Waals surface area contributed by atoms with Crippen molar-refractivity contribution < 1.29 is 4.79 Å². The minimum Gasteiger partial charge on any atom is -0.399 e. The monoisotopic (exact) mass is 266 g/mol. The number of anilines is 1. The first-order valence-corrected chi connectivity index (χ1v) is 6.81. The molecule has 2 rings (SSSR count). The van der Waals surface area contributed by atoms with Crippen LogP contribution in [0.3, 0.4) is 0 Å². The number of carbonyl (C=O) groups excluding carboxylic acids is 1. The Bertz CT molecular complexity index is 421. The van der Waals surface area contributed by atoms with Crippen molar-refractivity contribution in [1.29, 1.82) is 0 Å². The molecule has 1 aliphatic carbocycles. The fourth-order valence-electron chi connectivity index (χ4n) is 2.61. The SMILES string of the molecule is CC(NC(=O)c1cc(N)cc(Cl)c1)C1CCCC1. The molecule has 1 atom stereocenters. The maximum absolute atomic E-state index is 12.1. The molecule has 3 nitrogen and oxygen atoms in total. The van der Waals surface area contributed by atoms with Crippen molar-refractivity contribution >= 4 is 23.2 Å². The number of halogens is 1. The molecule has 0 radical (unpaired) electrons. The first kappa shape index (κ1) is 13.2. The van der Waals surface area contributed by atoms with Crippen LogP contribution in [0.5, 0.6) is 0 Å². The lowest BCUT2D eigenvalue weighted by Crippen LogP contribution is -2.37. The Balaban J connectivity index is 2.02. The molecule has 0 aliphatic heterocycles. The fourth-order valence-corrected chi connectivity index (χ4v) is 2.85. The van der Waals surface area contributed by atoms with E-state index in [1.54, 1.807) is 18.2 Å². The minimum atomic E-state index is -0.0939. The third kappa shape index (κ3) is 3.16. The largest absolute Gasteiger partial charge is 0.399 e. The van der Waals surface area contributed by atoms with E-state index in [1.807, 2.05) is 0 Å². The van der Waals surface area contributed by atoms with E-state index in [2.05, 4.69) is 12.2 Å². The number of hydrogen-bond acceptors (Lipinski definition) is 2. The van der Waals surface area contributed by atoms with Crippen molar-refractivity contribution in [3.8, 4) is 0 Å². The minimum absolute atomic E-state index is 0.0939. The van der Waals surface area contributed by atoms with Crippen molar-refractivity contribution in [1.82, 2.24) is 5.32 Å². The third-order valence-corrected chi connectivity index (χ3v) is 3.87. The van der Waals surface area contributed by atoms with Crippen LogP contribution in [-0.4, -0.2) is 11.9 Å². The van der Waals surface area contributed by atoms with Crippen molar-refractivity contribution in [2.75, 3.05) is 5.73 Å². The first-order valence-electron chi connectivity index (χ1n) is 6.43. The summed E-state index contributed by atoms with van der Waals surface area (Å²) in [5.41, 5.74) is 6.73. The molecule has 0 aromatic heterocycles. The van der Waals surface area contributed by atoms with Crippen LogP contribution in [0, 0.1) is 5.92 Å². The molecule has 1 aromatic carbocycles. The quantitative estimate of drug-likeness (QED) is 0.826. The first-order chi connectivity index (χ1) is 8.56. The van der Waals surface area contributed by atoms with Gasteiger partial charge in [0, 0.05) is 22.3 Å². The van der Waals surface area contributed by atoms with Crippen LogP contribution in [0.15, 0.2) is 18.2 Å². The van der Waals surface area contributed by atoms with E-state index < -0.39 is 0 Å². The molecular weight excluding hydrogens is 248 g/mol. The van der Waals surface area contributed by atoms with Gasteiger partial charge in [-0.05, 0) is 43.9 Å². The molecule has 1 aromatic rings. The van der Waals surface area contributed by atoms with Crippen molar-refractivity contribution in [3.05, 3.63) is 28.8 Å². The molecule has 98 valence electrons. The standard InChI is InChI=1S/C14H19ClN2O/c1-9(10-4-2-3-5-10)17-14(18)11-6-12(15)8-13(16)7-11/h6-10H,2-5,16H2,1H3,(H,17,18). The number of nitrogen functional groups attached to an aromatic ring is 1. The van der Waals surface area contributed by atoms with Gasteiger partial charge in [0.2, 0.25) is 0 Å². The zero-order chi connectivity index (χ0) is 13.1. The smallest absolute Gasteiger partial charge is 0.251 e. The van der Waals surface area contributed by atoms with Gasteiger partial charge in [-0.3, -0.25) is 4.79 Å². The summed E-state index contributed by atoms with van der Waals surface area (Å²) in [6.45, 7) is 2.07. The Morgan fingerprint density at radius 3 is 2.67 bits per heavy atom. The van der Waals surface area contributed by atoms with Crippen molar-refractivity contribution in [2.45, 2.75) is 38.6 Å². The van der Waals surface area contributed by atoms with E-state index in [0.717, 1.165) is 0 Å². The summed E-state index contributed by atoms with van der Waals surface area (Å²) in [7, 11) is 0. The van der Waals surface area contributed by atoms with Crippen LogP contribution < -0.4 is 11.1 Å². The second-order valence-corrected chi connectivity index (χ2v) is 5.52. The number of nitrogens with two attached hydrogens (primary N) is 1. The molecule has 1 fully saturated rings. The van der Waals surface area contributed by atoms with Crippen LogP contribution in [-0.2, 0) is 0 Å². The van der Waals surface area contributed by atoms with Gasteiger partial charge in [-0.1, -0.05) is 24.4 Å². The highest BCUT2D eigenvalue weighted by atomic mass is 35.5. The van der Waals surface area contributed by atoms with Crippen LogP contribution in [0.1, 0.15) is 43.0 Å². The Morgan fingerprint density at radius 2 is 2.06 bits per heavy atom. The van der Waals surface area contributed by atoms with Crippen LogP contribution in [0.4, 0.5) is 5.69 Å². The number of nitrogens with one attached hydrogen (secondary N) is 1. The maximum Gasteiger partial charge on any atom is 0.251 e. The molecule has 1 unspecified atom stereocenters. The molecule has 1 amide bonds. The summed E-state index contributed by atoms with van der Waals surface area (Å²) in [5, 5.41) is 3.53. The van der Waals surface area contributed by atoms with Crippen LogP contribution >= 0.6 is 11.6 Å². The van der Waals surface area contributed by atoms with Gasteiger partial charge in [0.25, 0.3) is 5.91 Å². The van der Waals surface area contributed by atoms with E-state index in [0.29, 0.717) is 22.2 Å². The summed E-state index contributed by atoms with van der Waals surface area (Å²) < 4.78 is 0. The molecular formula is C14H19ClN2O. The Kier molecular flexibility index (Phi) is 4.12. The van der Waals surface area contributed by atoms with Gasteiger partial charge in [-0.2, -0.15) is 0 Å². The van der Waals surface area contributed by atoms with Gasteiger partial charge in [0.15, 0.2) is 0 Å². The van der Waals surface area contributed by atoms with Gasteiger partial charge < -0.3 is 11.1 Å². The summed E-state index contributed by atoms with van der Waals surface area (Å²) in [6.07, 6.45) is 4.96. The summed E-state index contributed by atoms with van der Waals surface area (Å²) in [5.74, 6) is 0.508. The summed E-state index contributed by atoms with van der Waals surface area (Å²) >= 11 is 5.90. The molecule has 4 heteroatoms. The zero-order valence-electron chi connectivity index (χ0n) is 10.6. The number of rotatable bonds is 3.